The molecule has 1 aliphatic rings. The van der Waals surface area contributed by atoms with Crippen LogP contribution in [0.25, 0.3) is 0 Å². The number of rotatable bonds is 6. The minimum atomic E-state index is -0.759. The number of furan rings is 1. The monoisotopic (exact) mass is 422 g/mol. The number of hydrogen-bond acceptors (Lipinski definition) is 4. The molecule has 0 unspecified atom stereocenters. The second-order valence-corrected chi connectivity index (χ2v) is 8.81. The van der Waals surface area contributed by atoms with E-state index in [-0.39, 0.29) is 23.6 Å². The molecule has 1 aliphatic carbocycles. The molecule has 1 atom stereocenters. The number of benzene rings is 1. The summed E-state index contributed by atoms with van der Waals surface area (Å²) in [6.45, 7) is 4.04. The molecule has 30 heavy (non-hydrogen) atoms. The number of nitrogens with one attached hydrogen (secondary N) is 1. The molecule has 2 aromatic heterocycles. The average molecular weight is 423 g/mol. The van der Waals surface area contributed by atoms with Gasteiger partial charge >= 0.3 is 0 Å². The Kier molecular flexibility index (Phi) is 6.04. The van der Waals surface area contributed by atoms with Gasteiger partial charge in [0, 0.05) is 16.6 Å². The summed E-state index contributed by atoms with van der Waals surface area (Å²) in [4.78, 5) is 29.4. The summed E-state index contributed by atoms with van der Waals surface area (Å²) < 4.78 is 5.41. The van der Waals surface area contributed by atoms with Gasteiger partial charge in [-0.05, 0) is 73.5 Å². The highest BCUT2D eigenvalue weighted by molar-refractivity contribution is 7.10. The Bertz CT molecular complexity index is 1010. The van der Waals surface area contributed by atoms with Gasteiger partial charge in [0.1, 0.15) is 0 Å². The van der Waals surface area contributed by atoms with Gasteiger partial charge in [-0.1, -0.05) is 25.0 Å². The van der Waals surface area contributed by atoms with Crippen molar-refractivity contribution in [2.75, 3.05) is 4.90 Å². The molecule has 3 aromatic rings. The Morgan fingerprint density at radius 2 is 1.90 bits per heavy atom. The average Bonchev–Trinajstić information content (AvgIpc) is 3.50. The Labute approximate surface area is 180 Å². The second kappa shape index (κ2) is 8.88. The first-order valence-corrected chi connectivity index (χ1v) is 11.2. The summed E-state index contributed by atoms with van der Waals surface area (Å²) in [5.41, 5.74) is 2.87. The molecule has 156 valence electrons. The molecule has 1 aromatic carbocycles. The lowest BCUT2D eigenvalue weighted by Gasteiger charge is -2.31. The Morgan fingerprint density at radius 1 is 1.10 bits per heavy atom. The molecule has 0 spiro atoms. The highest BCUT2D eigenvalue weighted by Gasteiger charge is 2.36. The molecule has 0 bridgehead atoms. The van der Waals surface area contributed by atoms with Crippen molar-refractivity contribution in [2.45, 2.75) is 51.6 Å². The first-order chi connectivity index (χ1) is 14.5. The van der Waals surface area contributed by atoms with Gasteiger partial charge in [0.25, 0.3) is 5.91 Å². The molecule has 5 nitrogen and oxygen atoms in total. The van der Waals surface area contributed by atoms with Gasteiger partial charge in [0.15, 0.2) is 11.8 Å². The molecule has 1 fully saturated rings. The minimum Gasteiger partial charge on any atom is -0.459 e. The third kappa shape index (κ3) is 4.19. The van der Waals surface area contributed by atoms with E-state index in [2.05, 4.69) is 5.32 Å². The van der Waals surface area contributed by atoms with Gasteiger partial charge in [-0.15, -0.1) is 11.3 Å². The zero-order chi connectivity index (χ0) is 21.1. The predicted molar refractivity (Wildman–Crippen MR) is 119 cm³/mol. The van der Waals surface area contributed by atoms with Crippen molar-refractivity contribution in [1.82, 2.24) is 5.32 Å². The van der Waals surface area contributed by atoms with Crippen LogP contribution in [0.3, 0.4) is 0 Å². The van der Waals surface area contributed by atoms with E-state index in [1.807, 2.05) is 49.6 Å². The third-order valence-corrected chi connectivity index (χ3v) is 6.66. The largest absolute Gasteiger partial charge is 0.459 e. The number of anilines is 1. The van der Waals surface area contributed by atoms with Crippen LogP contribution in [-0.4, -0.2) is 17.9 Å². The van der Waals surface area contributed by atoms with Crippen LogP contribution in [0.5, 0.6) is 0 Å². The van der Waals surface area contributed by atoms with E-state index in [0.29, 0.717) is 5.69 Å². The Balaban J connectivity index is 1.78. The van der Waals surface area contributed by atoms with Gasteiger partial charge in [-0.3, -0.25) is 14.5 Å². The molecule has 6 heteroatoms. The van der Waals surface area contributed by atoms with E-state index in [4.69, 9.17) is 4.42 Å². The molecule has 0 radical (unpaired) electrons. The second-order valence-electron chi connectivity index (χ2n) is 7.83. The number of hydrogen-bond donors (Lipinski definition) is 1. The maximum atomic E-state index is 13.5. The summed E-state index contributed by atoms with van der Waals surface area (Å²) in [5, 5.41) is 5.12. The maximum absolute atomic E-state index is 13.5. The number of carbonyl (C=O) groups excluding carboxylic acids is 2. The number of thiophene rings is 1. The molecule has 1 saturated carbocycles. The normalized spacial score (nSPS) is 15.1. The summed E-state index contributed by atoms with van der Waals surface area (Å²) in [7, 11) is 0. The first-order valence-electron chi connectivity index (χ1n) is 10.3. The smallest absolute Gasteiger partial charge is 0.295 e. The molecular formula is C24H26N2O3S. The first kappa shape index (κ1) is 20.4. The lowest BCUT2D eigenvalue weighted by atomic mass is 10.1. The molecule has 0 saturated heterocycles. The van der Waals surface area contributed by atoms with Crippen LogP contribution in [-0.2, 0) is 4.79 Å². The van der Waals surface area contributed by atoms with Gasteiger partial charge < -0.3 is 9.73 Å². The van der Waals surface area contributed by atoms with Gasteiger partial charge in [0.2, 0.25) is 5.91 Å². The number of carbonyl (C=O) groups is 2. The van der Waals surface area contributed by atoms with Crippen LogP contribution in [0.1, 0.15) is 58.3 Å². The van der Waals surface area contributed by atoms with E-state index < -0.39 is 6.04 Å². The SMILES string of the molecule is Cc1ccc(N(C(=O)c2ccco2)[C@H](C(=O)NC2CCCC2)c2cccs2)cc1C. The Morgan fingerprint density at radius 3 is 2.53 bits per heavy atom. The van der Waals surface area contributed by atoms with Crippen LogP contribution in [0.15, 0.2) is 58.5 Å². The van der Waals surface area contributed by atoms with Crippen LogP contribution in [0.2, 0.25) is 0 Å². The minimum absolute atomic E-state index is 0.150. The highest BCUT2D eigenvalue weighted by Crippen LogP contribution is 2.33. The molecule has 4 rings (SSSR count). The lowest BCUT2D eigenvalue weighted by molar-refractivity contribution is -0.123. The third-order valence-electron chi connectivity index (χ3n) is 5.74. The number of nitrogens with zero attached hydrogens (tertiary/aromatic N) is 1. The molecule has 2 heterocycles. The number of amides is 2. The van der Waals surface area contributed by atoms with Crippen LogP contribution >= 0.6 is 11.3 Å². The maximum Gasteiger partial charge on any atom is 0.295 e. The van der Waals surface area contributed by atoms with E-state index in [1.165, 1.54) is 17.6 Å². The summed E-state index contributed by atoms with van der Waals surface area (Å²) in [6, 6.07) is 12.4. The van der Waals surface area contributed by atoms with Gasteiger partial charge in [0.05, 0.1) is 6.26 Å². The number of aryl methyl sites for hydroxylation is 2. The summed E-state index contributed by atoms with van der Waals surface area (Å²) in [6.07, 6.45) is 5.70. The van der Waals surface area contributed by atoms with E-state index in [1.54, 1.807) is 17.0 Å². The predicted octanol–water partition coefficient (Wildman–Crippen LogP) is 5.40. The fourth-order valence-corrected chi connectivity index (χ4v) is 4.76. The Hall–Kier alpha value is -2.86. The fourth-order valence-electron chi connectivity index (χ4n) is 3.95. The highest BCUT2D eigenvalue weighted by atomic mass is 32.1. The van der Waals surface area contributed by atoms with Crippen LogP contribution in [0.4, 0.5) is 5.69 Å². The van der Waals surface area contributed by atoms with E-state index in [9.17, 15) is 9.59 Å². The zero-order valence-electron chi connectivity index (χ0n) is 17.3. The van der Waals surface area contributed by atoms with Crippen molar-refractivity contribution in [1.29, 1.82) is 0 Å². The standard InChI is InChI=1S/C24H26N2O3S/c1-16-11-12-19(15-17(16)2)26(24(28)20-9-5-13-29-20)22(21-10-6-14-30-21)23(27)25-18-7-3-4-8-18/h5-6,9-15,18,22H,3-4,7-8H2,1-2H3,(H,25,27)/t22-/m0/s1. The topological polar surface area (TPSA) is 62.6 Å². The van der Waals surface area contributed by atoms with Crippen molar-refractivity contribution in [3.63, 3.8) is 0 Å². The van der Waals surface area contributed by atoms with Crippen molar-refractivity contribution >= 4 is 28.8 Å². The van der Waals surface area contributed by atoms with E-state index >= 15 is 0 Å². The quantitative estimate of drug-likeness (QED) is 0.578. The summed E-state index contributed by atoms with van der Waals surface area (Å²) in [5.74, 6) is -0.269. The molecule has 0 aliphatic heterocycles. The van der Waals surface area contributed by atoms with Crippen LogP contribution < -0.4 is 10.2 Å². The molecule has 2 amide bonds. The summed E-state index contributed by atoms with van der Waals surface area (Å²) >= 11 is 1.48. The van der Waals surface area contributed by atoms with Crippen molar-refractivity contribution in [3.05, 3.63) is 75.9 Å². The zero-order valence-corrected chi connectivity index (χ0v) is 18.1. The molecule has 1 N–H and O–H groups in total. The van der Waals surface area contributed by atoms with Crippen molar-refractivity contribution in [2.24, 2.45) is 0 Å². The van der Waals surface area contributed by atoms with Crippen molar-refractivity contribution in [3.8, 4) is 0 Å². The van der Waals surface area contributed by atoms with Gasteiger partial charge in [-0.2, -0.15) is 0 Å². The van der Waals surface area contributed by atoms with E-state index in [0.717, 1.165) is 41.7 Å². The van der Waals surface area contributed by atoms with Gasteiger partial charge in [-0.25, -0.2) is 0 Å². The fraction of sp³-hybridized carbons (Fsp3) is 0.333. The molecular weight excluding hydrogens is 396 g/mol. The lowest BCUT2D eigenvalue weighted by Crippen LogP contribution is -2.46. The van der Waals surface area contributed by atoms with Crippen LogP contribution in [0, 0.1) is 13.8 Å². The van der Waals surface area contributed by atoms with Crippen molar-refractivity contribution < 1.29 is 14.0 Å².